The molecule has 0 spiro atoms. The van der Waals surface area contributed by atoms with Crippen LogP contribution in [0, 0.1) is 5.92 Å². The van der Waals surface area contributed by atoms with E-state index in [1.54, 1.807) is 11.3 Å². The maximum Gasteiger partial charge on any atom is 0.223 e. The van der Waals surface area contributed by atoms with Crippen LogP contribution in [0.2, 0.25) is 0 Å². The Hall–Kier alpha value is -2.86. The van der Waals surface area contributed by atoms with E-state index in [1.165, 1.54) is 0 Å². The molecule has 0 bridgehead atoms. The lowest BCUT2D eigenvalue weighted by Gasteiger charge is -2.24. The number of aromatic amines is 1. The lowest BCUT2D eigenvalue weighted by molar-refractivity contribution is -0.122. The molecular weight excluding hydrogens is 380 g/mol. The maximum absolute atomic E-state index is 13.1. The second kappa shape index (κ2) is 8.66. The highest BCUT2D eigenvalue weighted by molar-refractivity contribution is 7.08. The van der Waals surface area contributed by atoms with Gasteiger partial charge in [-0.25, -0.2) is 4.98 Å². The fourth-order valence-corrected chi connectivity index (χ4v) is 4.37. The number of nitrogens with zero attached hydrogens (tertiary/aromatic N) is 2. The number of amides is 1. The van der Waals surface area contributed by atoms with Crippen LogP contribution in [0.4, 0.5) is 0 Å². The van der Waals surface area contributed by atoms with Crippen LogP contribution in [0.15, 0.2) is 65.6 Å². The molecule has 0 aliphatic rings. The standard InChI is InChI=1S/C23H26N4OS/c1-3-16(2)22(23-24-18-8-4-5-9-19(18)25-23)26-21(28)14-20(17-10-13-29-15-17)27-11-6-7-12-27/h4-13,15-16,20,22H,3,14H2,1-2H3,(H,24,25)(H,26,28)/t16-,20+,22-/m0/s1. The molecule has 4 aromatic rings. The van der Waals surface area contributed by atoms with Crippen LogP contribution >= 0.6 is 11.3 Å². The third-order valence-electron chi connectivity index (χ3n) is 5.53. The van der Waals surface area contributed by atoms with Gasteiger partial charge in [0.1, 0.15) is 5.82 Å². The van der Waals surface area contributed by atoms with E-state index in [-0.39, 0.29) is 23.9 Å². The van der Waals surface area contributed by atoms with Crippen LogP contribution in [0.1, 0.15) is 50.2 Å². The number of fused-ring (bicyclic) bond motifs is 1. The number of hydrogen-bond donors (Lipinski definition) is 2. The van der Waals surface area contributed by atoms with Crippen LogP contribution in [0.25, 0.3) is 11.0 Å². The number of imidazole rings is 1. The quantitative estimate of drug-likeness (QED) is 0.417. The average molecular weight is 407 g/mol. The van der Waals surface area contributed by atoms with Gasteiger partial charge in [-0.15, -0.1) is 0 Å². The highest BCUT2D eigenvalue weighted by atomic mass is 32.1. The van der Waals surface area contributed by atoms with Crippen molar-refractivity contribution in [2.45, 2.75) is 38.8 Å². The predicted molar refractivity (Wildman–Crippen MR) is 118 cm³/mol. The zero-order chi connectivity index (χ0) is 20.2. The molecule has 3 aromatic heterocycles. The van der Waals surface area contributed by atoms with Gasteiger partial charge in [-0.1, -0.05) is 32.4 Å². The van der Waals surface area contributed by atoms with Crippen molar-refractivity contribution in [1.29, 1.82) is 0 Å². The van der Waals surface area contributed by atoms with Gasteiger partial charge in [-0.2, -0.15) is 11.3 Å². The summed E-state index contributed by atoms with van der Waals surface area (Å²) in [6, 6.07) is 13.9. The van der Waals surface area contributed by atoms with Gasteiger partial charge >= 0.3 is 0 Å². The molecule has 2 N–H and O–H groups in total. The summed E-state index contributed by atoms with van der Waals surface area (Å²) in [6.45, 7) is 4.29. The summed E-state index contributed by atoms with van der Waals surface area (Å²) >= 11 is 1.65. The predicted octanol–water partition coefficient (Wildman–Crippen LogP) is 5.31. The maximum atomic E-state index is 13.1. The van der Waals surface area contributed by atoms with Crippen molar-refractivity contribution >= 4 is 28.3 Å². The highest BCUT2D eigenvalue weighted by Gasteiger charge is 2.26. The zero-order valence-corrected chi connectivity index (χ0v) is 17.5. The molecule has 4 rings (SSSR count). The normalized spacial score (nSPS) is 14.6. The minimum Gasteiger partial charge on any atom is -0.346 e. The molecule has 5 nitrogen and oxygen atoms in total. The monoisotopic (exact) mass is 406 g/mol. The van der Waals surface area contributed by atoms with Gasteiger partial charge < -0.3 is 14.9 Å². The van der Waals surface area contributed by atoms with Gasteiger partial charge in [0, 0.05) is 12.4 Å². The Morgan fingerprint density at radius 2 is 2.00 bits per heavy atom. The van der Waals surface area contributed by atoms with Crippen LogP contribution in [0.5, 0.6) is 0 Å². The first-order chi connectivity index (χ1) is 14.2. The second-order valence-electron chi connectivity index (χ2n) is 7.48. The van der Waals surface area contributed by atoms with Gasteiger partial charge in [0.2, 0.25) is 5.91 Å². The van der Waals surface area contributed by atoms with Crippen LogP contribution in [-0.2, 0) is 4.79 Å². The van der Waals surface area contributed by atoms with Crippen LogP contribution in [-0.4, -0.2) is 20.4 Å². The van der Waals surface area contributed by atoms with E-state index in [0.717, 1.165) is 28.8 Å². The van der Waals surface area contributed by atoms with E-state index in [4.69, 9.17) is 4.98 Å². The fourth-order valence-electron chi connectivity index (χ4n) is 3.66. The number of carbonyl (C=O) groups is 1. The van der Waals surface area contributed by atoms with Gasteiger partial charge in [0.25, 0.3) is 0 Å². The lowest BCUT2D eigenvalue weighted by Crippen LogP contribution is -2.34. The van der Waals surface area contributed by atoms with Gasteiger partial charge in [-0.05, 0) is 52.6 Å². The number of rotatable bonds is 8. The van der Waals surface area contributed by atoms with E-state index in [0.29, 0.717) is 6.42 Å². The summed E-state index contributed by atoms with van der Waals surface area (Å²) in [5.41, 5.74) is 3.08. The van der Waals surface area contributed by atoms with E-state index in [2.05, 4.69) is 45.5 Å². The SMILES string of the molecule is CC[C@H](C)[C@H](NC(=O)C[C@H](c1ccsc1)n1cccc1)c1nc2ccccc2[nH]1. The largest absolute Gasteiger partial charge is 0.346 e. The first-order valence-corrected chi connectivity index (χ1v) is 11.0. The van der Waals surface area contributed by atoms with Crippen molar-refractivity contribution in [3.63, 3.8) is 0 Å². The molecular formula is C23H26N4OS. The van der Waals surface area contributed by atoms with E-state index in [9.17, 15) is 4.79 Å². The minimum absolute atomic E-state index is 0.00972. The fraction of sp³-hybridized carbons (Fsp3) is 0.304. The third-order valence-corrected chi connectivity index (χ3v) is 6.23. The van der Waals surface area contributed by atoms with Crippen molar-refractivity contribution in [3.8, 4) is 0 Å². The second-order valence-corrected chi connectivity index (χ2v) is 8.26. The van der Waals surface area contributed by atoms with Crippen molar-refractivity contribution in [2.75, 3.05) is 0 Å². The number of nitrogens with one attached hydrogen (secondary N) is 2. The van der Waals surface area contributed by atoms with Crippen molar-refractivity contribution in [1.82, 2.24) is 19.9 Å². The number of aromatic nitrogens is 3. The number of para-hydroxylation sites is 2. The van der Waals surface area contributed by atoms with Crippen molar-refractivity contribution < 1.29 is 4.79 Å². The molecule has 0 aliphatic heterocycles. The topological polar surface area (TPSA) is 62.7 Å². The number of H-pyrrole nitrogens is 1. The first-order valence-electron chi connectivity index (χ1n) is 10.0. The van der Waals surface area contributed by atoms with E-state index >= 15 is 0 Å². The Balaban J connectivity index is 1.56. The number of benzene rings is 1. The first kappa shape index (κ1) is 19.5. The molecule has 0 unspecified atom stereocenters. The molecule has 1 aromatic carbocycles. The molecule has 0 saturated heterocycles. The van der Waals surface area contributed by atoms with E-state index in [1.807, 2.05) is 48.8 Å². The molecule has 0 saturated carbocycles. The Bertz CT molecular complexity index is 985. The minimum atomic E-state index is -0.146. The summed E-state index contributed by atoms with van der Waals surface area (Å²) in [5, 5.41) is 7.43. The highest BCUT2D eigenvalue weighted by Crippen LogP contribution is 2.27. The van der Waals surface area contributed by atoms with E-state index < -0.39 is 0 Å². The third kappa shape index (κ3) is 4.27. The van der Waals surface area contributed by atoms with Crippen LogP contribution in [0.3, 0.4) is 0 Å². The molecule has 150 valence electrons. The summed E-state index contributed by atoms with van der Waals surface area (Å²) in [4.78, 5) is 21.2. The molecule has 3 atom stereocenters. The smallest absolute Gasteiger partial charge is 0.223 e. The summed E-state index contributed by atoms with van der Waals surface area (Å²) in [5.74, 6) is 1.12. The summed E-state index contributed by atoms with van der Waals surface area (Å²) < 4.78 is 2.10. The van der Waals surface area contributed by atoms with Crippen LogP contribution < -0.4 is 5.32 Å². The molecule has 0 aliphatic carbocycles. The summed E-state index contributed by atoms with van der Waals surface area (Å²) in [7, 11) is 0. The van der Waals surface area contributed by atoms with Gasteiger partial charge in [-0.3, -0.25) is 4.79 Å². The Labute approximate surface area is 174 Å². The average Bonchev–Trinajstić information content (AvgIpc) is 3.50. The van der Waals surface area contributed by atoms with Crippen molar-refractivity contribution in [2.24, 2.45) is 5.92 Å². The number of hydrogen-bond acceptors (Lipinski definition) is 3. The lowest BCUT2D eigenvalue weighted by atomic mass is 9.97. The Morgan fingerprint density at radius 1 is 1.21 bits per heavy atom. The zero-order valence-electron chi connectivity index (χ0n) is 16.7. The molecule has 0 fully saturated rings. The molecule has 29 heavy (non-hydrogen) atoms. The number of thiophene rings is 1. The van der Waals surface area contributed by atoms with Gasteiger partial charge in [0.05, 0.1) is 29.5 Å². The van der Waals surface area contributed by atoms with Crippen molar-refractivity contribution in [3.05, 3.63) is 77.0 Å². The summed E-state index contributed by atoms with van der Waals surface area (Å²) in [6.07, 6.45) is 5.37. The molecule has 3 heterocycles. The van der Waals surface area contributed by atoms with Gasteiger partial charge in [0.15, 0.2) is 0 Å². The number of carbonyl (C=O) groups excluding carboxylic acids is 1. The molecule has 6 heteroatoms. The Kier molecular flexibility index (Phi) is 5.81. The Morgan fingerprint density at radius 3 is 2.69 bits per heavy atom. The molecule has 0 radical (unpaired) electrons. The molecule has 1 amide bonds.